The lowest BCUT2D eigenvalue weighted by atomic mass is 10.1. The number of anilines is 1. The topological polar surface area (TPSA) is 146 Å². The van der Waals surface area contributed by atoms with Crippen LogP contribution < -0.4 is 14.9 Å². The maximum atomic E-state index is 14.1. The summed E-state index contributed by atoms with van der Waals surface area (Å²) in [6, 6.07) is 10.4. The van der Waals surface area contributed by atoms with Crippen molar-refractivity contribution in [3.8, 4) is 5.75 Å². The van der Waals surface area contributed by atoms with Crippen molar-refractivity contribution < 1.29 is 37.1 Å². The number of hydrogen-bond donors (Lipinski definition) is 4. The number of para-hydroxylation sites is 1. The molecule has 15 heteroatoms. The van der Waals surface area contributed by atoms with E-state index in [-0.39, 0.29) is 41.4 Å². The van der Waals surface area contributed by atoms with Crippen molar-refractivity contribution in [2.45, 2.75) is 25.9 Å². The lowest BCUT2D eigenvalue weighted by Gasteiger charge is -2.25. The highest BCUT2D eigenvalue weighted by Crippen LogP contribution is 2.44. The van der Waals surface area contributed by atoms with E-state index in [1.54, 1.807) is 35.2 Å². The monoisotopic (exact) mass is 605 g/mol. The number of fused-ring (bicyclic) bond motifs is 2. The molecule has 0 saturated heterocycles. The highest BCUT2D eigenvalue weighted by atomic mass is 32.1. The quantitative estimate of drug-likeness (QED) is 0.140. The van der Waals surface area contributed by atoms with Crippen LogP contribution in [0.25, 0.3) is 10.9 Å². The molecule has 2 aromatic heterocycles. The summed E-state index contributed by atoms with van der Waals surface area (Å²) in [5.74, 6) is -2.76. The van der Waals surface area contributed by atoms with Crippen LogP contribution in [-0.2, 0) is 26.8 Å². The Morgan fingerprint density at radius 2 is 2.02 bits per heavy atom. The lowest BCUT2D eigenvalue weighted by Crippen LogP contribution is -2.35. The largest absolute Gasteiger partial charge is 0.480 e. The van der Waals surface area contributed by atoms with Gasteiger partial charge in [0.05, 0.1) is 24.4 Å². The van der Waals surface area contributed by atoms with E-state index in [1.165, 1.54) is 24.3 Å². The molecular formula is C26H26F2N5O6PS. The second-order valence-corrected chi connectivity index (χ2v) is 12.0. The van der Waals surface area contributed by atoms with Crippen molar-refractivity contribution in [1.82, 2.24) is 20.0 Å². The minimum Gasteiger partial charge on any atom is -0.480 e. The first-order chi connectivity index (χ1) is 19.6. The van der Waals surface area contributed by atoms with Gasteiger partial charge in [0, 0.05) is 35.8 Å². The Morgan fingerprint density at radius 1 is 1.24 bits per heavy atom. The fourth-order valence-corrected chi connectivity index (χ4v) is 6.76. The number of thiazole rings is 1. The Hall–Kier alpha value is -3.84. The van der Waals surface area contributed by atoms with Crippen LogP contribution in [-0.4, -0.2) is 57.6 Å². The van der Waals surface area contributed by atoms with E-state index in [0.29, 0.717) is 24.6 Å². The molecule has 2 unspecified atom stereocenters. The van der Waals surface area contributed by atoms with Gasteiger partial charge in [0.15, 0.2) is 5.13 Å². The fraction of sp³-hybridized carbons (Fsp3) is 0.269. The molecule has 0 radical (unpaired) electrons. The number of aromatic nitrogens is 2. The first-order valence-electron chi connectivity index (χ1n) is 12.6. The third kappa shape index (κ3) is 6.73. The number of nitrogens with zero attached hydrogens (tertiary/aromatic N) is 2. The van der Waals surface area contributed by atoms with Crippen molar-refractivity contribution in [2.24, 2.45) is 0 Å². The Labute approximate surface area is 237 Å². The molecule has 4 aromatic rings. The molecule has 41 heavy (non-hydrogen) atoms. The highest BCUT2D eigenvalue weighted by molar-refractivity contribution is 7.52. The standard InChI is InChI=1S/C26H26F2N5O6PS/c1-15(25(35)36)32-40(37,39-17-5-3-2-4-6-17)38-10-8-29-26-31-20-7-9-33(14-23(20)41-26)24(34)22-13-18-19(28)11-16(27)12-21(18)30-22/h2-6,11-13,15,30H,7-10,14H2,1H3,(H,29,31)(H,32,37)(H,35,36). The second-order valence-electron chi connectivity index (χ2n) is 9.25. The molecule has 2 atom stereocenters. The number of benzene rings is 2. The van der Waals surface area contributed by atoms with Gasteiger partial charge in [-0.2, -0.15) is 5.09 Å². The molecule has 1 aliphatic heterocycles. The van der Waals surface area contributed by atoms with Gasteiger partial charge in [-0.25, -0.2) is 18.3 Å². The van der Waals surface area contributed by atoms with Crippen LogP contribution in [0.3, 0.4) is 0 Å². The zero-order chi connectivity index (χ0) is 29.1. The number of carbonyl (C=O) groups is 2. The smallest absolute Gasteiger partial charge is 0.459 e. The summed E-state index contributed by atoms with van der Waals surface area (Å²) in [7, 11) is -4.02. The third-order valence-electron chi connectivity index (χ3n) is 6.23. The number of amides is 1. The average Bonchev–Trinajstić information content (AvgIpc) is 3.55. The first kappa shape index (κ1) is 28.7. The van der Waals surface area contributed by atoms with Gasteiger partial charge in [-0.3, -0.25) is 14.1 Å². The predicted molar refractivity (Wildman–Crippen MR) is 148 cm³/mol. The summed E-state index contributed by atoms with van der Waals surface area (Å²) in [5, 5.41) is 15.4. The molecule has 5 rings (SSSR count). The summed E-state index contributed by atoms with van der Waals surface area (Å²) < 4.78 is 51.8. The van der Waals surface area contributed by atoms with Crippen LogP contribution >= 0.6 is 19.1 Å². The number of rotatable bonds is 11. The predicted octanol–water partition coefficient (Wildman–Crippen LogP) is 4.78. The van der Waals surface area contributed by atoms with E-state index in [4.69, 9.17) is 9.05 Å². The molecule has 0 bridgehead atoms. The highest BCUT2D eigenvalue weighted by Gasteiger charge is 2.31. The molecule has 3 heterocycles. The minimum atomic E-state index is -4.02. The van der Waals surface area contributed by atoms with E-state index < -0.39 is 31.4 Å². The van der Waals surface area contributed by atoms with Crippen LogP contribution in [0.5, 0.6) is 5.75 Å². The van der Waals surface area contributed by atoms with Crippen LogP contribution in [0.4, 0.5) is 13.9 Å². The normalized spacial score (nSPS) is 15.2. The zero-order valence-corrected chi connectivity index (χ0v) is 23.4. The zero-order valence-electron chi connectivity index (χ0n) is 21.7. The van der Waals surface area contributed by atoms with Crippen LogP contribution in [0.15, 0.2) is 48.5 Å². The molecule has 4 N–H and O–H groups in total. The number of carboxylic acid groups (broad SMARTS) is 1. The minimum absolute atomic E-state index is 0.0875. The van der Waals surface area contributed by atoms with E-state index in [9.17, 15) is 28.0 Å². The number of halogens is 2. The number of carbonyl (C=O) groups excluding carboxylic acids is 1. The van der Waals surface area contributed by atoms with Crippen molar-refractivity contribution in [3.05, 3.63) is 76.4 Å². The molecule has 0 aliphatic carbocycles. The van der Waals surface area contributed by atoms with Gasteiger partial charge in [0.25, 0.3) is 5.91 Å². The summed E-state index contributed by atoms with van der Waals surface area (Å²) in [5.41, 5.74) is 1.21. The summed E-state index contributed by atoms with van der Waals surface area (Å²) in [6.07, 6.45) is 0.510. The van der Waals surface area contributed by atoms with Crippen LogP contribution in [0.1, 0.15) is 28.0 Å². The first-order valence-corrected chi connectivity index (χ1v) is 15.0. The van der Waals surface area contributed by atoms with Crippen molar-refractivity contribution in [1.29, 1.82) is 0 Å². The Kier molecular flexibility index (Phi) is 8.36. The van der Waals surface area contributed by atoms with E-state index >= 15 is 0 Å². The van der Waals surface area contributed by atoms with Crippen molar-refractivity contribution in [3.63, 3.8) is 0 Å². The third-order valence-corrected chi connectivity index (χ3v) is 8.95. The van der Waals surface area contributed by atoms with Gasteiger partial charge >= 0.3 is 13.7 Å². The number of carboxylic acids is 1. The number of nitrogens with one attached hydrogen (secondary N) is 3. The van der Waals surface area contributed by atoms with Gasteiger partial charge in [-0.05, 0) is 31.2 Å². The van der Waals surface area contributed by atoms with Crippen LogP contribution in [0.2, 0.25) is 0 Å². The number of aromatic amines is 1. The molecule has 0 spiro atoms. The lowest BCUT2D eigenvalue weighted by molar-refractivity contribution is -0.138. The van der Waals surface area contributed by atoms with Gasteiger partial charge in [0.2, 0.25) is 0 Å². The SMILES string of the molecule is CC(NP(=O)(OCCNc1nc2c(s1)CN(C(=O)c1cc3c(F)cc(F)cc3[nH]1)CC2)Oc1ccccc1)C(=O)O. The van der Waals surface area contributed by atoms with Crippen molar-refractivity contribution in [2.75, 3.05) is 25.0 Å². The van der Waals surface area contributed by atoms with Gasteiger partial charge in [-0.15, -0.1) is 0 Å². The van der Waals surface area contributed by atoms with E-state index in [0.717, 1.165) is 22.7 Å². The average molecular weight is 606 g/mol. The second kappa shape index (κ2) is 12.0. The van der Waals surface area contributed by atoms with Gasteiger partial charge in [0.1, 0.15) is 29.1 Å². The van der Waals surface area contributed by atoms with E-state index in [2.05, 4.69) is 20.4 Å². The molecule has 216 valence electrons. The van der Waals surface area contributed by atoms with Crippen molar-refractivity contribution >= 4 is 47.0 Å². The maximum Gasteiger partial charge on any atom is 0.459 e. The van der Waals surface area contributed by atoms with Gasteiger partial charge in [-0.1, -0.05) is 29.5 Å². The summed E-state index contributed by atoms with van der Waals surface area (Å²) in [4.78, 5) is 34.2. The molecule has 11 nitrogen and oxygen atoms in total. The molecular weight excluding hydrogens is 579 g/mol. The molecule has 2 aromatic carbocycles. The summed E-state index contributed by atoms with van der Waals surface area (Å²) in [6.45, 7) is 2.13. The Morgan fingerprint density at radius 3 is 2.78 bits per heavy atom. The maximum absolute atomic E-state index is 14.1. The number of H-pyrrole nitrogens is 1. The number of aliphatic carboxylic acids is 1. The van der Waals surface area contributed by atoms with Crippen LogP contribution in [0, 0.1) is 11.6 Å². The fourth-order valence-electron chi connectivity index (χ4n) is 4.22. The molecule has 1 amide bonds. The molecule has 1 aliphatic rings. The Bertz CT molecular complexity index is 1630. The van der Waals surface area contributed by atoms with E-state index in [1.807, 2.05) is 0 Å². The molecule has 0 saturated carbocycles. The molecule has 0 fully saturated rings. The Balaban J connectivity index is 1.18. The summed E-state index contributed by atoms with van der Waals surface area (Å²) >= 11 is 1.35. The number of hydrogen-bond acceptors (Lipinski definition) is 8. The van der Waals surface area contributed by atoms with Gasteiger partial charge < -0.3 is 24.8 Å².